The van der Waals surface area contributed by atoms with Crippen LogP contribution in [0.3, 0.4) is 0 Å². The summed E-state index contributed by atoms with van der Waals surface area (Å²) in [5.41, 5.74) is 1.73. The van der Waals surface area contributed by atoms with Crippen LogP contribution in [0.1, 0.15) is 17.3 Å². The van der Waals surface area contributed by atoms with Gasteiger partial charge < -0.3 is 9.84 Å². The highest BCUT2D eigenvalue weighted by Gasteiger charge is 2.08. The van der Waals surface area contributed by atoms with Crippen molar-refractivity contribution in [3.8, 4) is 22.6 Å². The predicted molar refractivity (Wildman–Crippen MR) is 70.1 cm³/mol. The fraction of sp³-hybridized carbons (Fsp3) is 0.133. The number of hydrogen-bond donors (Lipinski definition) is 1. The van der Waals surface area contributed by atoms with Crippen LogP contribution >= 0.6 is 0 Å². The maximum Gasteiger partial charge on any atom is 0.153 e. The third-order valence-corrected chi connectivity index (χ3v) is 2.65. The number of aromatic hydroxyl groups is 1. The van der Waals surface area contributed by atoms with E-state index in [2.05, 4.69) is 0 Å². The molecular formula is C15H14O3. The Bertz CT molecular complexity index is 561. The summed E-state index contributed by atoms with van der Waals surface area (Å²) in [4.78, 5) is 10.8. The van der Waals surface area contributed by atoms with Gasteiger partial charge in [-0.3, -0.25) is 4.79 Å². The van der Waals surface area contributed by atoms with Crippen LogP contribution in [0.25, 0.3) is 11.1 Å². The van der Waals surface area contributed by atoms with E-state index in [0.29, 0.717) is 18.5 Å². The molecule has 0 saturated heterocycles. The highest BCUT2D eigenvalue weighted by molar-refractivity contribution is 5.85. The van der Waals surface area contributed by atoms with E-state index >= 15 is 0 Å². The summed E-state index contributed by atoms with van der Waals surface area (Å²) < 4.78 is 5.41. The van der Waals surface area contributed by atoms with Crippen molar-refractivity contribution in [3.05, 3.63) is 48.0 Å². The standard InChI is InChI=1S/C15H14O3/c1-2-18-13-7-3-5-11(9-13)14-8-4-6-12(10-16)15(14)17/h3-10,17H,2H2,1H3. The highest BCUT2D eigenvalue weighted by Crippen LogP contribution is 2.33. The minimum Gasteiger partial charge on any atom is -0.507 e. The normalized spacial score (nSPS) is 10.1. The van der Waals surface area contributed by atoms with Gasteiger partial charge in [0.1, 0.15) is 11.5 Å². The lowest BCUT2D eigenvalue weighted by Gasteiger charge is -2.09. The van der Waals surface area contributed by atoms with Crippen LogP contribution in [-0.2, 0) is 0 Å². The molecule has 2 aromatic carbocycles. The molecule has 3 heteroatoms. The molecule has 0 unspecified atom stereocenters. The maximum atomic E-state index is 10.8. The van der Waals surface area contributed by atoms with Crippen molar-refractivity contribution in [3.63, 3.8) is 0 Å². The van der Waals surface area contributed by atoms with E-state index in [4.69, 9.17) is 4.74 Å². The Morgan fingerprint density at radius 2 is 2.00 bits per heavy atom. The Balaban J connectivity index is 2.48. The Kier molecular flexibility index (Phi) is 3.63. The number of aldehydes is 1. The molecule has 0 amide bonds. The maximum absolute atomic E-state index is 10.8. The van der Waals surface area contributed by atoms with Gasteiger partial charge in [-0.2, -0.15) is 0 Å². The first kappa shape index (κ1) is 12.2. The molecule has 2 rings (SSSR count). The van der Waals surface area contributed by atoms with Crippen molar-refractivity contribution in [2.75, 3.05) is 6.61 Å². The number of benzene rings is 2. The first-order valence-electron chi connectivity index (χ1n) is 5.76. The van der Waals surface area contributed by atoms with Gasteiger partial charge in [0.2, 0.25) is 0 Å². The first-order valence-corrected chi connectivity index (χ1v) is 5.76. The monoisotopic (exact) mass is 242 g/mol. The third-order valence-electron chi connectivity index (χ3n) is 2.65. The summed E-state index contributed by atoms with van der Waals surface area (Å²) in [5, 5.41) is 9.99. The van der Waals surface area contributed by atoms with E-state index in [9.17, 15) is 9.90 Å². The summed E-state index contributed by atoms with van der Waals surface area (Å²) >= 11 is 0. The van der Waals surface area contributed by atoms with Gasteiger partial charge in [0.25, 0.3) is 0 Å². The molecule has 0 aromatic heterocycles. The second kappa shape index (κ2) is 5.36. The van der Waals surface area contributed by atoms with Crippen molar-refractivity contribution >= 4 is 6.29 Å². The van der Waals surface area contributed by atoms with E-state index in [-0.39, 0.29) is 11.3 Å². The number of phenols is 1. The van der Waals surface area contributed by atoms with Crippen molar-refractivity contribution in [1.82, 2.24) is 0 Å². The molecule has 0 aliphatic rings. The summed E-state index contributed by atoms with van der Waals surface area (Å²) in [6.45, 7) is 2.50. The molecule has 18 heavy (non-hydrogen) atoms. The van der Waals surface area contributed by atoms with Gasteiger partial charge in [0.05, 0.1) is 12.2 Å². The zero-order chi connectivity index (χ0) is 13.0. The van der Waals surface area contributed by atoms with Crippen molar-refractivity contribution in [2.24, 2.45) is 0 Å². The average molecular weight is 242 g/mol. The molecule has 0 aliphatic heterocycles. The third kappa shape index (κ3) is 2.35. The Morgan fingerprint density at radius 3 is 2.72 bits per heavy atom. The first-order chi connectivity index (χ1) is 8.76. The van der Waals surface area contributed by atoms with E-state index < -0.39 is 0 Å². The van der Waals surface area contributed by atoms with Crippen LogP contribution < -0.4 is 4.74 Å². The zero-order valence-electron chi connectivity index (χ0n) is 10.1. The van der Waals surface area contributed by atoms with Gasteiger partial charge in [-0.1, -0.05) is 24.3 Å². The van der Waals surface area contributed by atoms with Crippen molar-refractivity contribution in [2.45, 2.75) is 6.92 Å². The van der Waals surface area contributed by atoms with Crippen LogP contribution in [0.15, 0.2) is 42.5 Å². The molecule has 3 nitrogen and oxygen atoms in total. The lowest BCUT2D eigenvalue weighted by Crippen LogP contribution is -1.91. The molecule has 0 spiro atoms. The quantitative estimate of drug-likeness (QED) is 0.837. The number of rotatable bonds is 4. The number of carbonyl (C=O) groups is 1. The fourth-order valence-electron chi connectivity index (χ4n) is 1.81. The number of para-hydroxylation sites is 1. The largest absolute Gasteiger partial charge is 0.507 e. The molecule has 0 heterocycles. The Morgan fingerprint density at radius 1 is 1.22 bits per heavy atom. The minimum atomic E-state index is 0.00106. The molecule has 0 aliphatic carbocycles. The van der Waals surface area contributed by atoms with Gasteiger partial charge in [-0.05, 0) is 30.7 Å². The predicted octanol–water partition coefficient (Wildman–Crippen LogP) is 3.27. The van der Waals surface area contributed by atoms with Gasteiger partial charge >= 0.3 is 0 Å². The summed E-state index contributed by atoms with van der Waals surface area (Å²) in [6, 6.07) is 12.5. The lowest BCUT2D eigenvalue weighted by atomic mass is 10.0. The topological polar surface area (TPSA) is 46.5 Å². The molecule has 1 N–H and O–H groups in total. The van der Waals surface area contributed by atoms with E-state index in [1.807, 2.05) is 31.2 Å². The fourth-order valence-corrected chi connectivity index (χ4v) is 1.81. The van der Waals surface area contributed by atoms with Crippen molar-refractivity contribution in [1.29, 1.82) is 0 Å². The second-order valence-corrected chi connectivity index (χ2v) is 3.82. The van der Waals surface area contributed by atoms with Gasteiger partial charge in [-0.25, -0.2) is 0 Å². The van der Waals surface area contributed by atoms with Crippen molar-refractivity contribution < 1.29 is 14.6 Å². The van der Waals surface area contributed by atoms with Gasteiger partial charge in [-0.15, -0.1) is 0 Å². The van der Waals surface area contributed by atoms with Crippen LogP contribution in [0.4, 0.5) is 0 Å². The Labute approximate surface area is 106 Å². The van der Waals surface area contributed by atoms with Gasteiger partial charge in [0.15, 0.2) is 6.29 Å². The molecule has 0 saturated carbocycles. The number of phenolic OH excluding ortho intramolecular Hbond substituents is 1. The van der Waals surface area contributed by atoms with Crippen LogP contribution in [0.2, 0.25) is 0 Å². The summed E-state index contributed by atoms with van der Waals surface area (Å²) in [5.74, 6) is 0.743. The summed E-state index contributed by atoms with van der Waals surface area (Å²) in [6.07, 6.45) is 0.644. The number of ether oxygens (including phenoxy) is 1. The number of hydrogen-bond acceptors (Lipinski definition) is 3. The Hall–Kier alpha value is -2.29. The molecule has 0 atom stereocenters. The SMILES string of the molecule is CCOc1cccc(-c2cccc(C=O)c2O)c1. The van der Waals surface area contributed by atoms with E-state index in [1.54, 1.807) is 18.2 Å². The molecule has 2 aromatic rings. The molecule has 0 fully saturated rings. The van der Waals surface area contributed by atoms with E-state index in [1.165, 1.54) is 0 Å². The molecule has 92 valence electrons. The molecule has 0 radical (unpaired) electrons. The molecule has 0 bridgehead atoms. The highest BCUT2D eigenvalue weighted by atomic mass is 16.5. The zero-order valence-corrected chi connectivity index (χ0v) is 10.1. The second-order valence-electron chi connectivity index (χ2n) is 3.82. The van der Waals surface area contributed by atoms with Crippen LogP contribution in [0, 0.1) is 0 Å². The van der Waals surface area contributed by atoms with Crippen LogP contribution in [0.5, 0.6) is 11.5 Å². The molecular weight excluding hydrogens is 228 g/mol. The smallest absolute Gasteiger partial charge is 0.153 e. The van der Waals surface area contributed by atoms with E-state index in [0.717, 1.165) is 11.3 Å². The van der Waals surface area contributed by atoms with Crippen LogP contribution in [-0.4, -0.2) is 18.0 Å². The summed E-state index contributed by atoms with van der Waals surface area (Å²) in [7, 11) is 0. The number of carbonyl (C=O) groups excluding carboxylic acids is 1. The average Bonchev–Trinajstić information content (AvgIpc) is 2.40. The van der Waals surface area contributed by atoms with Gasteiger partial charge in [0, 0.05) is 5.56 Å². The minimum absolute atomic E-state index is 0.00106. The lowest BCUT2D eigenvalue weighted by molar-refractivity contribution is 0.112.